The highest BCUT2D eigenvalue weighted by molar-refractivity contribution is 5.89. The van der Waals surface area contributed by atoms with Crippen molar-refractivity contribution in [3.63, 3.8) is 0 Å². The SMILES string of the molecule is CCCCCC(C)(C)CN1CCC(=O)NC(CCC)C1=O. The topological polar surface area (TPSA) is 49.4 Å². The third-order valence-corrected chi connectivity index (χ3v) is 4.21. The summed E-state index contributed by atoms with van der Waals surface area (Å²) in [5.74, 6) is 0.111. The largest absolute Gasteiger partial charge is 0.344 e. The van der Waals surface area contributed by atoms with Crippen LogP contribution in [0, 0.1) is 5.41 Å². The molecule has 1 saturated heterocycles. The van der Waals surface area contributed by atoms with Crippen LogP contribution in [0.2, 0.25) is 0 Å². The number of carbonyl (C=O) groups is 2. The van der Waals surface area contributed by atoms with E-state index in [-0.39, 0.29) is 23.3 Å². The van der Waals surface area contributed by atoms with Crippen LogP contribution in [0.4, 0.5) is 0 Å². The highest BCUT2D eigenvalue weighted by Gasteiger charge is 2.32. The Morgan fingerprint density at radius 1 is 1.19 bits per heavy atom. The second-order valence-corrected chi connectivity index (χ2v) is 7.04. The first-order valence-corrected chi connectivity index (χ1v) is 8.47. The molecule has 1 heterocycles. The third kappa shape index (κ3) is 6.06. The number of hydrogen-bond donors (Lipinski definition) is 1. The molecule has 1 fully saturated rings. The first-order chi connectivity index (χ1) is 9.89. The molecule has 4 heteroatoms. The van der Waals surface area contributed by atoms with Crippen LogP contribution in [0.15, 0.2) is 0 Å². The average Bonchev–Trinajstić information content (AvgIpc) is 2.53. The molecule has 1 aliphatic heterocycles. The summed E-state index contributed by atoms with van der Waals surface area (Å²) in [4.78, 5) is 26.3. The molecule has 1 unspecified atom stereocenters. The predicted molar refractivity (Wildman–Crippen MR) is 86.0 cm³/mol. The highest BCUT2D eigenvalue weighted by Crippen LogP contribution is 2.26. The van der Waals surface area contributed by atoms with E-state index in [1.165, 1.54) is 19.3 Å². The number of unbranched alkanes of at least 4 members (excludes halogenated alkanes) is 2. The second-order valence-electron chi connectivity index (χ2n) is 7.04. The lowest BCUT2D eigenvalue weighted by atomic mass is 9.86. The van der Waals surface area contributed by atoms with Gasteiger partial charge < -0.3 is 10.2 Å². The van der Waals surface area contributed by atoms with Crippen LogP contribution in [0.1, 0.15) is 72.6 Å². The lowest BCUT2D eigenvalue weighted by Gasteiger charge is -2.33. The van der Waals surface area contributed by atoms with E-state index < -0.39 is 0 Å². The highest BCUT2D eigenvalue weighted by atomic mass is 16.2. The number of hydrogen-bond acceptors (Lipinski definition) is 2. The molecule has 1 N–H and O–H groups in total. The van der Waals surface area contributed by atoms with Crippen molar-refractivity contribution in [1.82, 2.24) is 10.2 Å². The molecule has 0 aromatic rings. The Bertz CT molecular complexity index is 353. The Morgan fingerprint density at radius 2 is 1.90 bits per heavy atom. The number of rotatable bonds is 8. The molecule has 2 amide bonds. The molecule has 122 valence electrons. The fourth-order valence-corrected chi connectivity index (χ4v) is 2.99. The van der Waals surface area contributed by atoms with Gasteiger partial charge in [-0.15, -0.1) is 0 Å². The van der Waals surface area contributed by atoms with Crippen molar-refractivity contribution in [3.8, 4) is 0 Å². The molecular formula is C17H32N2O2. The summed E-state index contributed by atoms with van der Waals surface area (Å²) in [7, 11) is 0. The van der Waals surface area contributed by atoms with Crippen molar-refractivity contribution in [2.45, 2.75) is 78.7 Å². The normalized spacial score (nSPS) is 20.4. The van der Waals surface area contributed by atoms with Gasteiger partial charge in [-0.2, -0.15) is 0 Å². The molecule has 0 bridgehead atoms. The van der Waals surface area contributed by atoms with Crippen LogP contribution >= 0.6 is 0 Å². The number of nitrogens with zero attached hydrogens (tertiary/aromatic N) is 1. The molecule has 0 aromatic carbocycles. The molecule has 1 aliphatic rings. The third-order valence-electron chi connectivity index (χ3n) is 4.21. The van der Waals surface area contributed by atoms with E-state index in [4.69, 9.17) is 0 Å². The maximum atomic E-state index is 12.6. The van der Waals surface area contributed by atoms with Crippen LogP contribution in [0.25, 0.3) is 0 Å². The zero-order valence-electron chi connectivity index (χ0n) is 14.2. The smallest absolute Gasteiger partial charge is 0.245 e. The molecular weight excluding hydrogens is 264 g/mol. The van der Waals surface area contributed by atoms with Crippen LogP contribution < -0.4 is 5.32 Å². The van der Waals surface area contributed by atoms with E-state index in [1.807, 2.05) is 11.8 Å². The summed E-state index contributed by atoms with van der Waals surface area (Å²) in [5, 5.41) is 2.87. The number of nitrogens with one attached hydrogen (secondary N) is 1. The van der Waals surface area contributed by atoms with Gasteiger partial charge in [-0.3, -0.25) is 9.59 Å². The maximum Gasteiger partial charge on any atom is 0.245 e. The summed E-state index contributed by atoms with van der Waals surface area (Å²) in [6.07, 6.45) is 6.87. The summed E-state index contributed by atoms with van der Waals surface area (Å²) < 4.78 is 0. The Labute approximate surface area is 129 Å². The van der Waals surface area contributed by atoms with Gasteiger partial charge in [0.15, 0.2) is 0 Å². The fraction of sp³-hybridized carbons (Fsp3) is 0.882. The Morgan fingerprint density at radius 3 is 2.52 bits per heavy atom. The maximum absolute atomic E-state index is 12.6. The predicted octanol–water partition coefficient (Wildman–Crippen LogP) is 3.11. The van der Waals surface area contributed by atoms with Crippen LogP contribution in [-0.4, -0.2) is 35.8 Å². The van der Waals surface area contributed by atoms with Crippen molar-refractivity contribution in [2.75, 3.05) is 13.1 Å². The van der Waals surface area contributed by atoms with Gasteiger partial charge in [-0.05, 0) is 18.3 Å². The van der Waals surface area contributed by atoms with Crippen molar-refractivity contribution < 1.29 is 9.59 Å². The Kier molecular flexibility index (Phi) is 7.20. The van der Waals surface area contributed by atoms with Crippen LogP contribution in [-0.2, 0) is 9.59 Å². The monoisotopic (exact) mass is 296 g/mol. The van der Waals surface area contributed by atoms with Crippen molar-refractivity contribution in [1.29, 1.82) is 0 Å². The van der Waals surface area contributed by atoms with Crippen molar-refractivity contribution >= 4 is 11.8 Å². The zero-order valence-corrected chi connectivity index (χ0v) is 14.2. The van der Waals surface area contributed by atoms with E-state index in [0.29, 0.717) is 13.0 Å². The lowest BCUT2D eigenvalue weighted by molar-refractivity contribution is -0.135. The molecule has 0 aliphatic carbocycles. The molecule has 0 spiro atoms. The Hall–Kier alpha value is -1.06. The molecule has 0 radical (unpaired) electrons. The molecule has 21 heavy (non-hydrogen) atoms. The summed E-state index contributed by atoms with van der Waals surface area (Å²) >= 11 is 0. The summed E-state index contributed by atoms with van der Waals surface area (Å²) in [6.45, 7) is 10.0. The van der Waals surface area contributed by atoms with Crippen molar-refractivity contribution in [2.24, 2.45) is 5.41 Å². The minimum Gasteiger partial charge on any atom is -0.344 e. The van der Waals surface area contributed by atoms with Gasteiger partial charge in [-0.1, -0.05) is 53.4 Å². The molecule has 4 nitrogen and oxygen atoms in total. The second kappa shape index (κ2) is 8.40. The van der Waals surface area contributed by atoms with E-state index in [0.717, 1.165) is 25.8 Å². The van der Waals surface area contributed by atoms with Gasteiger partial charge in [0.2, 0.25) is 11.8 Å². The zero-order chi connectivity index (χ0) is 15.9. The van der Waals surface area contributed by atoms with Gasteiger partial charge >= 0.3 is 0 Å². The summed E-state index contributed by atoms with van der Waals surface area (Å²) in [6, 6.07) is -0.323. The lowest BCUT2D eigenvalue weighted by Crippen LogP contribution is -2.47. The van der Waals surface area contributed by atoms with Gasteiger partial charge in [0.05, 0.1) is 0 Å². The van der Waals surface area contributed by atoms with Crippen molar-refractivity contribution in [3.05, 3.63) is 0 Å². The molecule has 0 saturated carbocycles. The minimum absolute atomic E-state index is 0.00749. The Balaban J connectivity index is 2.66. The van der Waals surface area contributed by atoms with E-state index >= 15 is 0 Å². The molecule has 1 rings (SSSR count). The quantitative estimate of drug-likeness (QED) is 0.700. The van der Waals surface area contributed by atoms with Crippen LogP contribution in [0.5, 0.6) is 0 Å². The average molecular weight is 296 g/mol. The summed E-state index contributed by atoms with van der Waals surface area (Å²) in [5.41, 5.74) is 0.120. The van der Waals surface area contributed by atoms with E-state index in [2.05, 4.69) is 26.1 Å². The standard InChI is InChI=1S/C17H32N2O2/c1-5-7-8-11-17(3,4)13-19-12-10-15(20)18-14(9-6-2)16(19)21/h14H,5-13H2,1-4H3,(H,18,20). The molecule has 1 atom stereocenters. The first-order valence-electron chi connectivity index (χ1n) is 8.47. The van der Waals surface area contributed by atoms with Gasteiger partial charge in [0.25, 0.3) is 0 Å². The van der Waals surface area contributed by atoms with Gasteiger partial charge in [0, 0.05) is 19.5 Å². The minimum atomic E-state index is -0.323. The van der Waals surface area contributed by atoms with E-state index in [1.54, 1.807) is 0 Å². The fourth-order valence-electron chi connectivity index (χ4n) is 2.99. The first kappa shape index (κ1) is 18.0. The molecule has 0 aromatic heterocycles. The number of carbonyl (C=O) groups excluding carboxylic acids is 2. The van der Waals surface area contributed by atoms with Crippen LogP contribution in [0.3, 0.4) is 0 Å². The van der Waals surface area contributed by atoms with E-state index in [9.17, 15) is 9.59 Å². The van der Waals surface area contributed by atoms with Gasteiger partial charge in [-0.25, -0.2) is 0 Å². The number of amides is 2. The van der Waals surface area contributed by atoms with Gasteiger partial charge in [0.1, 0.15) is 6.04 Å².